The first-order valence-electron chi connectivity index (χ1n) is 9.48. The minimum absolute atomic E-state index is 0.0158. The standard InChI is InChI=1S/C19H26N4O/c24-19(22-15-9-5-1-2-6-10-15)16-13-21-23-17-11-7-3-4-8-14(17)12-20-18(16)23/h12-13,15H,1-11H2,(H,22,24). The highest BCUT2D eigenvalue weighted by atomic mass is 16.1. The number of aryl methyl sites for hydroxylation is 2. The van der Waals surface area contributed by atoms with Crippen LogP contribution in [0.2, 0.25) is 0 Å². The summed E-state index contributed by atoms with van der Waals surface area (Å²) in [6, 6.07) is 0.302. The van der Waals surface area contributed by atoms with Crippen LogP contribution >= 0.6 is 0 Å². The van der Waals surface area contributed by atoms with Gasteiger partial charge in [0.1, 0.15) is 5.56 Å². The Bertz CT molecular complexity index is 728. The molecule has 1 saturated carbocycles. The van der Waals surface area contributed by atoms with E-state index in [1.807, 2.05) is 10.7 Å². The van der Waals surface area contributed by atoms with Crippen molar-refractivity contribution in [2.24, 2.45) is 0 Å². The van der Waals surface area contributed by atoms with Gasteiger partial charge in [-0.3, -0.25) is 4.79 Å². The van der Waals surface area contributed by atoms with E-state index in [-0.39, 0.29) is 5.91 Å². The van der Waals surface area contributed by atoms with Gasteiger partial charge in [-0.2, -0.15) is 5.10 Å². The van der Waals surface area contributed by atoms with E-state index in [4.69, 9.17) is 0 Å². The summed E-state index contributed by atoms with van der Waals surface area (Å²) in [5.74, 6) is -0.0158. The zero-order valence-corrected chi connectivity index (χ0v) is 14.3. The van der Waals surface area contributed by atoms with Gasteiger partial charge in [-0.15, -0.1) is 0 Å². The Balaban J connectivity index is 1.60. The zero-order valence-electron chi connectivity index (χ0n) is 14.3. The summed E-state index contributed by atoms with van der Waals surface area (Å²) in [7, 11) is 0. The molecule has 128 valence electrons. The molecule has 5 heteroatoms. The van der Waals surface area contributed by atoms with Crippen molar-refractivity contribution in [2.45, 2.75) is 76.7 Å². The van der Waals surface area contributed by atoms with Gasteiger partial charge in [-0.05, 0) is 44.1 Å². The third kappa shape index (κ3) is 3.04. The number of amides is 1. The first-order chi connectivity index (χ1) is 11.8. The minimum atomic E-state index is -0.0158. The average molecular weight is 326 g/mol. The maximum Gasteiger partial charge on any atom is 0.256 e. The van der Waals surface area contributed by atoms with Crippen molar-refractivity contribution in [2.75, 3.05) is 0 Å². The Labute approximate surface area is 142 Å². The highest BCUT2D eigenvalue weighted by Gasteiger charge is 2.21. The molecule has 5 nitrogen and oxygen atoms in total. The molecule has 1 fully saturated rings. The highest BCUT2D eigenvalue weighted by molar-refractivity contribution is 5.99. The molecule has 2 aliphatic carbocycles. The molecule has 0 aromatic carbocycles. The van der Waals surface area contributed by atoms with Gasteiger partial charge >= 0.3 is 0 Å². The van der Waals surface area contributed by atoms with Gasteiger partial charge < -0.3 is 5.32 Å². The van der Waals surface area contributed by atoms with Crippen molar-refractivity contribution >= 4 is 11.6 Å². The van der Waals surface area contributed by atoms with Crippen LogP contribution in [0.4, 0.5) is 0 Å². The zero-order chi connectivity index (χ0) is 16.4. The Morgan fingerprint density at radius 1 is 1.00 bits per heavy atom. The van der Waals surface area contributed by atoms with E-state index in [0.29, 0.717) is 17.3 Å². The Morgan fingerprint density at radius 2 is 1.75 bits per heavy atom. The van der Waals surface area contributed by atoms with Crippen molar-refractivity contribution in [1.82, 2.24) is 19.9 Å². The monoisotopic (exact) mass is 326 g/mol. The third-order valence-electron chi connectivity index (χ3n) is 5.51. The van der Waals surface area contributed by atoms with E-state index in [1.165, 1.54) is 56.2 Å². The predicted molar refractivity (Wildman–Crippen MR) is 93.2 cm³/mol. The summed E-state index contributed by atoms with van der Waals surface area (Å²) in [5.41, 5.74) is 3.86. The molecule has 2 heterocycles. The van der Waals surface area contributed by atoms with Crippen LogP contribution < -0.4 is 5.32 Å². The summed E-state index contributed by atoms with van der Waals surface area (Å²) in [6.45, 7) is 0. The second kappa shape index (κ2) is 6.91. The number of hydrogen-bond acceptors (Lipinski definition) is 3. The van der Waals surface area contributed by atoms with Crippen LogP contribution in [0.3, 0.4) is 0 Å². The average Bonchev–Trinajstić information content (AvgIpc) is 2.77. The first kappa shape index (κ1) is 15.6. The lowest BCUT2D eigenvalue weighted by Crippen LogP contribution is -2.34. The van der Waals surface area contributed by atoms with Crippen LogP contribution in [0.25, 0.3) is 5.65 Å². The molecule has 0 spiro atoms. The van der Waals surface area contributed by atoms with Crippen LogP contribution in [0.1, 0.15) is 79.4 Å². The highest BCUT2D eigenvalue weighted by Crippen LogP contribution is 2.22. The van der Waals surface area contributed by atoms with E-state index >= 15 is 0 Å². The largest absolute Gasteiger partial charge is 0.349 e. The molecule has 1 N–H and O–H groups in total. The lowest BCUT2D eigenvalue weighted by molar-refractivity contribution is 0.0935. The summed E-state index contributed by atoms with van der Waals surface area (Å²) in [6.07, 6.45) is 16.6. The molecule has 0 atom stereocenters. The fraction of sp³-hybridized carbons (Fsp3) is 0.632. The van der Waals surface area contributed by atoms with E-state index in [2.05, 4.69) is 15.4 Å². The SMILES string of the molecule is O=C(NC1CCCCCC1)c1cnn2c3c(cnc12)CCCCC3. The number of nitrogens with zero attached hydrogens (tertiary/aromatic N) is 3. The Morgan fingerprint density at radius 3 is 2.58 bits per heavy atom. The minimum Gasteiger partial charge on any atom is -0.349 e. The normalized spacial score (nSPS) is 19.5. The van der Waals surface area contributed by atoms with Gasteiger partial charge in [0.25, 0.3) is 5.91 Å². The smallest absolute Gasteiger partial charge is 0.256 e. The molecule has 0 unspecified atom stereocenters. The first-order valence-corrected chi connectivity index (χ1v) is 9.48. The number of carbonyl (C=O) groups is 1. The number of aromatic nitrogens is 3. The number of nitrogens with one attached hydrogen (secondary N) is 1. The number of rotatable bonds is 2. The molecule has 2 aromatic heterocycles. The van der Waals surface area contributed by atoms with Crippen molar-refractivity contribution in [3.63, 3.8) is 0 Å². The van der Waals surface area contributed by atoms with Crippen LogP contribution in [0, 0.1) is 0 Å². The number of hydrogen-bond donors (Lipinski definition) is 1. The van der Waals surface area contributed by atoms with Crippen LogP contribution in [-0.4, -0.2) is 26.5 Å². The predicted octanol–water partition coefficient (Wildman–Crippen LogP) is 3.45. The Hall–Kier alpha value is -1.91. The van der Waals surface area contributed by atoms with Crippen LogP contribution in [0.15, 0.2) is 12.4 Å². The summed E-state index contributed by atoms with van der Waals surface area (Å²) in [4.78, 5) is 17.3. The molecule has 24 heavy (non-hydrogen) atoms. The fourth-order valence-corrected chi connectivity index (χ4v) is 4.12. The molecule has 0 aliphatic heterocycles. The van der Waals surface area contributed by atoms with E-state index in [9.17, 15) is 4.79 Å². The molecule has 2 aliphatic rings. The topological polar surface area (TPSA) is 59.3 Å². The van der Waals surface area contributed by atoms with Crippen molar-refractivity contribution in [1.29, 1.82) is 0 Å². The van der Waals surface area contributed by atoms with E-state index < -0.39 is 0 Å². The quantitative estimate of drug-likeness (QED) is 0.679. The number of carbonyl (C=O) groups excluding carboxylic acids is 1. The molecular formula is C19H26N4O. The molecule has 2 aromatic rings. The van der Waals surface area contributed by atoms with Gasteiger partial charge in [0.05, 0.1) is 6.20 Å². The summed E-state index contributed by atoms with van der Waals surface area (Å²) >= 11 is 0. The van der Waals surface area contributed by atoms with Gasteiger partial charge in [-0.25, -0.2) is 9.50 Å². The lowest BCUT2D eigenvalue weighted by Gasteiger charge is -2.15. The molecule has 1 amide bonds. The fourth-order valence-electron chi connectivity index (χ4n) is 4.12. The second-order valence-corrected chi connectivity index (χ2v) is 7.25. The summed E-state index contributed by atoms with van der Waals surface area (Å²) in [5, 5.41) is 7.71. The van der Waals surface area contributed by atoms with Gasteiger partial charge in [0.2, 0.25) is 0 Å². The Kier molecular flexibility index (Phi) is 4.50. The number of fused-ring (bicyclic) bond motifs is 3. The molecular weight excluding hydrogens is 300 g/mol. The molecule has 0 radical (unpaired) electrons. The second-order valence-electron chi connectivity index (χ2n) is 7.25. The van der Waals surface area contributed by atoms with Gasteiger partial charge in [0, 0.05) is 17.9 Å². The van der Waals surface area contributed by atoms with Crippen molar-refractivity contribution < 1.29 is 4.79 Å². The maximum absolute atomic E-state index is 12.7. The maximum atomic E-state index is 12.7. The van der Waals surface area contributed by atoms with E-state index in [0.717, 1.165) is 25.7 Å². The van der Waals surface area contributed by atoms with Crippen LogP contribution in [-0.2, 0) is 12.8 Å². The lowest BCUT2D eigenvalue weighted by atomic mass is 10.1. The summed E-state index contributed by atoms with van der Waals surface area (Å²) < 4.78 is 1.91. The molecule has 0 saturated heterocycles. The third-order valence-corrected chi connectivity index (χ3v) is 5.51. The van der Waals surface area contributed by atoms with Gasteiger partial charge in [0.15, 0.2) is 5.65 Å². The molecule has 4 rings (SSSR count). The van der Waals surface area contributed by atoms with E-state index in [1.54, 1.807) is 6.20 Å². The van der Waals surface area contributed by atoms with Crippen molar-refractivity contribution in [3.05, 3.63) is 29.2 Å². The molecule has 0 bridgehead atoms. The van der Waals surface area contributed by atoms with Gasteiger partial charge in [-0.1, -0.05) is 32.1 Å². The van der Waals surface area contributed by atoms with Crippen LogP contribution in [0.5, 0.6) is 0 Å². The van der Waals surface area contributed by atoms with Crippen molar-refractivity contribution in [3.8, 4) is 0 Å².